The summed E-state index contributed by atoms with van der Waals surface area (Å²) < 4.78 is 11.1. The van der Waals surface area contributed by atoms with Crippen LogP contribution in [0.2, 0.25) is 0 Å². The first kappa shape index (κ1) is 21.7. The average Bonchev–Trinajstić information content (AvgIpc) is 3.38. The molecule has 0 fully saturated rings. The first-order valence-corrected chi connectivity index (χ1v) is 10.8. The Hall–Kier alpha value is -3.48. The van der Waals surface area contributed by atoms with Crippen molar-refractivity contribution in [2.24, 2.45) is 17.4 Å². The van der Waals surface area contributed by atoms with Crippen molar-refractivity contribution in [3.05, 3.63) is 78.9 Å². The van der Waals surface area contributed by atoms with Crippen LogP contribution in [0.3, 0.4) is 0 Å². The van der Waals surface area contributed by atoms with Gasteiger partial charge in [-0.05, 0) is 36.1 Å². The minimum atomic E-state index is 0.350. The Morgan fingerprint density at radius 3 is 2.22 bits per heavy atom. The van der Waals surface area contributed by atoms with Crippen molar-refractivity contribution < 1.29 is 9.15 Å². The summed E-state index contributed by atoms with van der Waals surface area (Å²) in [6, 6.07) is 18.2. The van der Waals surface area contributed by atoms with E-state index in [0.29, 0.717) is 31.5 Å². The molecule has 0 aliphatic carbocycles. The highest BCUT2D eigenvalue weighted by Crippen LogP contribution is 2.32. The van der Waals surface area contributed by atoms with E-state index in [9.17, 15) is 0 Å². The van der Waals surface area contributed by atoms with E-state index in [0.717, 1.165) is 45.6 Å². The lowest BCUT2D eigenvalue weighted by Gasteiger charge is -2.14. The summed E-state index contributed by atoms with van der Waals surface area (Å²) in [6.45, 7) is 3.81. The minimum absolute atomic E-state index is 0.350. The third kappa shape index (κ3) is 5.04. The van der Waals surface area contributed by atoms with Crippen LogP contribution in [0.1, 0.15) is 18.9 Å². The van der Waals surface area contributed by atoms with E-state index < -0.39 is 0 Å². The first-order chi connectivity index (χ1) is 15.7. The van der Waals surface area contributed by atoms with Gasteiger partial charge >= 0.3 is 0 Å². The summed E-state index contributed by atoms with van der Waals surface area (Å²) in [5, 5.41) is 0. The van der Waals surface area contributed by atoms with Crippen molar-refractivity contribution in [2.75, 3.05) is 13.2 Å². The number of furan rings is 1. The van der Waals surface area contributed by atoms with Gasteiger partial charge in [0.05, 0.1) is 31.0 Å². The summed E-state index contributed by atoms with van der Waals surface area (Å²) in [4.78, 5) is 9.55. The number of hydrogen-bond acceptors (Lipinski definition) is 6. The van der Waals surface area contributed by atoms with Crippen molar-refractivity contribution >= 4 is 0 Å². The molecule has 164 valence electrons. The standard InChI is InChI=1S/C26H28N4O2/c1-18(10-12-27)16-32-24-15-29-25(21-4-2-19(14-28)3-5-21)26(30-24)22-8-6-20(7-9-22)23-11-13-31-17-23/h2-9,11,13,15,17-18H,10,12,14,16,27-28H2,1H3. The zero-order valence-corrected chi connectivity index (χ0v) is 18.2. The Kier molecular flexibility index (Phi) is 6.94. The predicted octanol–water partition coefficient (Wildman–Crippen LogP) is 4.89. The van der Waals surface area contributed by atoms with Crippen LogP contribution in [-0.2, 0) is 6.54 Å². The lowest BCUT2D eigenvalue weighted by atomic mass is 10.0. The molecule has 6 nitrogen and oxygen atoms in total. The van der Waals surface area contributed by atoms with Crippen molar-refractivity contribution in [3.8, 4) is 39.5 Å². The van der Waals surface area contributed by atoms with Gasteiger partial charge in [0.15, 0.2) is 0 Å². The summed E-state index contributed by atoms with van der Waals surface area (Å²) in [5.74, 6) is 0.855. The number of hydrogen-bond donors (Lipinski definition) is 2. The van der Waals surface area contributed by atoms with Crippen LogP contribution in [0.5, 0.6) is 5.88 Å². The molecule has 4 rings (SSSR count). The molecule has 0 bridgehead atoms. The van der Waals surface area contributed by atoms with Crippen molar-refractivity contribution in [3.63, 3.8) is 0 Å². The van der Waals surface area contributed by atoms with Crippen LogP contribution in [0, 0.1) is 5.92 Å². The number of nitrogens with two attached hydrogens (primary N) is 2. The van der Waals surface area contributed by atoms with Gasteiger partial charge < -0.3 is 20.6 Å². The molecule has 2 heterocycles. The topological polar surface area (TPSA) is 100 Å². The zero-order chi connectivity index (χ0) is 22.3. The average molecular weight is 429 g/mol. The fourth-order valence-corrected chi connectivity index (χ4v) is 3.50. The van der Waals surface area contributed by atoms with Crippen LogP contribution in [-0.4, -0.2) is 23.1 Å². The van der Waals surface area contributed by atoms with Gasteiger partial charge in [-0.25, -0.2) is 9.97 Å². The Balaban J connectivity index is 1.69. The molecule has 0 aliphatic rings. The monoisotopic (exact) mass is 428 g/mol. The third-order valence-corrected chi connectivity index (χ3v) is 5.40. The van der Waals surface area contributed by atoms with Gasteiger partial charge in [0, 0.05) is 23.2 Å². The van der Waals surface area contributed by atoms with Crippen LogP contribution >= 0.6 is 0 Å². The number of ether oxygens (including phenoxy) is 1. The smallest absolute Gasteiger partial charge is 0.232 e. The molecule has 1 unspecified atom stereocenters. The molecule has 0 saturated carbocycles. The number of aromatic nitrogens is 2. The molecule has 2 aromatic carbocycles. The van der Waals surface area contributed by atoms with Crippen molar-refractivity contribution in [2.45, 2.75) is 19.9 Å². The Bertz CT molecular complexity index is 1120. The number of benzene rings is 2. The Morgan fingerprint density at radius 1 is 0.875 bits per heavy atom. The van der Waals surface area contributed by atoms with Crippen LogP contribution in [0.4, 0.5) is 0 Å². The highest BCUT2D eigenvalue weighted by atomic mass is 16.5. The van der Waals surface area contributed by atoms with E-state index in [-0.39, 0.29) is 0 Å². The van der Waals surface area contributed by atoms with E-state index in [1.165, 1.54) is 0 Å². The zero-order valence-electron chi connectivity index (χ0n) is 18.2. The highest BCUT2D eigenvalue weighted by molar-refractivity contribution is 5.79. The number of nitrogens with zero attached hydrogens (tertiary/aromatic N) is 2. The molecular weight excluding hydrogens is 400 g/mol. The maximum absolute atomic E-state index is 5.93. The second-order valence-electron chi connectivity index (χ2n) is 7.89. The quantitative estimate of drug-likeness (QED) is 0.394. The van der Waals surface area contributed by atoms with E-state index in [1.807, 2.05) is 42.5 Å². The summed E-state index contributed by atoms with van der Waals surface area (Å²) in [6.07, 6.45) is 5.99. The molecule has 4 N–H and O–H groups in total. The second kappa shape index (κ2) is 10.2. The highest BCUT2D eigenvalue weighted by Gasteiger charge is 2.14. The van der Waals surface area contributed by atoms with Gasteiger partial charge in [-0.3, -0.25) is 0 Å². The third-order valence-electron chi connectivity index (χ3n) is 5.40. The molecule has 2 aromatic heterocycles. The Morgan fingerprint density at radius 2 is 1.56 bits per heavy atom. The van der Waals surface area contributed by atoms with Crippen molar-refractivity contribution in [1.82, 2.24) is 9.97 Å². The summed E-state index contributed by atoms with van der Waals surface area (Å²) >= 11 is 0. The normalized spacial score (nSPS) is 12.0. The van der Waals surface area contributed by atoms with E-state index in [2.05, 4.69) is 19.1 Å². The molecular formula is C26H28N4O2. The van der Waals surface area contributed by atoms with Crippen LogP contribution in [0.15, 0.2) is 77.7 Å². The van der Waals surface area contributed by atoms with E-state index >= 15 is 0 Å². The molecule has 6 heteroatoms. The van der Waals surface area contributed by atoms with Crippen molar-refractivity contribution in [1.29, 1.82) is 0 Å². The molecule has 0 spiro atoms. The lowest BCUT2D eigenvalue weighted by molar-refractivity contribution is 0.245. The molecule has 0 aliphatic heterocycles. The van der Waals surface area contributed by atoms with Gasteiger partial charge in [-0.1, -0.05) is 55.5 Å². The second-order valence-corrected chi connectivity index (χ2v) is 7.89. The van der Waals surface area contributed by atoms with Crippen LogP contribution in [0.25, 0.3) is 33.6 Å². The molecule has 0 radical (unpaired) electrons. The summed E-state index contributed by atoms with van der Waals surface area (Å²) in [7, 11) is 0. The van der Waals surface area contributed by atoms with E-state index in [4.69, 9.17) is 30.6 Å². The van der Waals surface area contributed by atoms with Gasteiger partial charge in [0.1, 0.15) is 5.69 Å². The summed E-state index contributed by atoms with van der Waals surface area (Å²) in [5.41, 5.74) is 18.1. The number of rotatable bonds is 9. The molecule has 4 aromatic rings. The largest absolute Gasteiger partial charge is 0.476 e. The van der Waals surface area contributed by atoms with E-state index in [1.54, 1.807) is 18.7 Å². The first-order valence-electron chi connectivity index (χ1n) is 10.8. The molecule has 32 heavy (non-hydrogen) atoms. The fraction of sp³-hybridized carbons (Fsp3) is 0.231. The maximum Gasteiger partial charge on any atom is 0.232 e. The SMILES string of the molecule is CC(CCN)COc1cnc(-c2ccc(CN)cc2)c(-c2ccc(-c3ccoc3)cc2)n1. The predicted molar refractivity (Wildman–Crippen MR) is 127 cm³/mol. The van der Waals surface area contributed by atoms with Gasteiger partial charge in [0.25, 0.3) is 0 Å². The maximum atomic E-state index is 5.93. The minimum Gasteiger partial charge on any atom is -0.476 e. The van der Waals surface area contributed by atoms with Gasteiger partial charge in [-0.2, -0.15) is 0 Å². The Labute approximate surface area is 188 Å². The molecule has 0 saturated heterocycles. The van der Waals surface area contributed by atoms with Gasteiger partial charge in [-0.15, -0.1) is 0 Å². The molecule has 0 amide bonds. The molecule has 1 atom stereocenters. The van der Waals surface area contributed by atoms with Crippen LogP contribution < -0.4 is 16.2 Å². The fourth-order valence-electron chi connectivity index (χ4n) is 3.50. The van der Waals surface area contributed by atoms with Gasteiger partial charge in [0.2, 0.25) is 5.88 Å². The lowest BCUT2D eigenvalue weighted by Crippen LogP contribution is -2.14.